The first kappa shape index (κ1) is 26.0. The summed E-state index contributed by atoms with van der Waals surface area (Å²) in [6.07, 6.45) is 2.84. The molecule has 1 aromatic carbocycles. The van der Waals surface area contributed by atoms with Crippen LogP contribution in [0.3, 0.4) is 0 Å². The smallest absolute Gasteiger partial charge is 0.409 e. The molecule has 2 aliphatic rings. The second-order valence-electron chi connectivity index (χ2n) is 8.53. The van der Waals surface area contributed by atoms with Gasteiger partial charge in [-0.3, -0.25) is 4.79 Å². The van der Waals surface area contributed by atoms with Crippen molar-refractivity contribution in [1.82, 2.24) is 19.4 Å². The van der Waals surface area contributed by atoms with E-state index >= 15 is 0 Å². The number of benzene rings is 1. The van der Waals surface area contributed by atoms with Crippen molar-refractivity contribution in [3.8, 4) is 0 Å². The van der Waals surface area contributed by atoms with Gasteiger partial charge < -0.3 is 19.4 Å². The summed E-state index contributed by atoms with van der Waals surface area (Å²) in [4.78, 5) is 31.5. The summed E-state index contributed by atoms with van der Waals surface area (Å²) < 4.78 is 30.8. The first-order chi connectivity index (χ1) is 15.6. The Morgan fingerprint density at radius 3 is 2.36 bits per heavy atom. The third-order valence-electron chi connectivity index (χ3n) is 6.01. The second kappa shape index (κ2) is 11.2. The zero-order valence-electron chi connectivity index (χ0n) is 18.8. The average Bonchev–Trinajstić information content (AvgIpc) is 3.27. The molecule has 1 aromatic rings. The number of rotatable bonds is 7. The molecule has 0 spiro atoms. The van der Waals surface area contributed by atoms with Crippen LogP contribution < -0.4 is 4.72 Å². The highest BCUT2D eigenvalue weighted by atomic mass is 35.5. The molecular weight excluding hydrogens is 491 g/mol. The van der Waals surface area contributed by atoms with E-state index in [2.05, 4.69) is 9.62 Å². The Kier molecular flexibility index (Phi) is 8.85. The molecule has 33 heavy (non-hydrogen) atoms. The first-order valence-corrected chi connectivity index (χ1v) is 13.5. The lowest BCUT2D eigenvalue weighted by atomic mass is 10.0. The molecule has 2 saturated heterocycles. The molecule has 9 nitrogen and oxygen atoms in total. The van der Waals surface area contributed by atoms with Crippen molar-refractivity contribution in [3.63, 3.8) is 0 Å². The molecule has 2 amide bonds. The molecule has 0 bridgehead atoms. The van der Waals surface area contributed by atoms with Crippen LogP contribution in [0, 0.1) is 0 Å². The fraction of sp³-hybridized carbons (Fsp3) is 0.619. The molecular formula is C21H30Cl2N4O5S. The van der Waals surface area contributed by atoms with Crippen molar-refractivity contribution in [2.75, 3.05) is 52.6 Å². The lowest BCUT2D eigenvalue weighted by molar-refractivity contribution is -0.137. The highest BCUT2D eigenvalue weighted by molar-refractivity contribution is 7.88. The first-order valence-electron chi connectivity index (χ1n) is 10.8. The number of hydrogen-bond donors (Lipinski definition) is 1. The number of piperazine rings is 1. The van der Waals surface area contributed by atoms with E-state index in [1.54, 1.807) is 23.1 Å². The SMILES string of the molecule is COC(=O)N1CC(CN2CCCC2)N(C(=O)Cc2ccc(Cl)c(Cl)c2)CC1CNS(C)(=O)=O. The summed E-state index contributed by atoms with van der Waals surface area (Å²) in [6, 6.07) is 4.29. The van der Waals surface area contributed by atoms with E-state index in [1.807, 2.05) is 0 Å². The Morgan fingerprint density at radius 2 is 1.76 bits per heavy atom. The van der Waals surface area contributed by atoms with E-state index in [4.69, 9.17) is 27.9 Å². The van der Waals surface area contributed by atoms with Gasteiger partial charge in [0.05, 0.1) is 41.9 Å². The van der Waals surface area contributed by atoms with Crippen LogP contribution in [0.5, 0.6) is 0 Å². The highest BCUT2D eigenvalue weighted by Crippen LogP contribution is 2.25. The third kappa shape index (κ3) is 7.19. The second-order valence-corrected chi connectivity index (χ2v) is 11.2. The van der Waals surface area contributed by atoms with Gasteiger partial charge in [-0.2, -0.15) is 0 Å². The largest absolute Gasteiger partial charge is 0.453 e. The number of halogens is 2. The van der Waals surface area contributed by atoms with E-state index in [-0.39, 0.29) is 38.0 Å². The van der Waals surface area contributed by atoms with Gasteiger partial charge in [-0.1, -0.05) is 29.3 Å². The average molecular weight is 521 g/mol. The number of likely N-dealkylation sites (tertiary alicyclic amines) is 1. The summed E-state index contributed by atoms with van der Waals surface area (Å²) in [5, 5.41) is 0.791. The van der Waals surface area contributed by atoms with Crippen LogP contribution in [0.15, 0.2) is 18.2 Å². The van der Waals surface area contributed by atoms with Gasteiger partial charge in [0.15, 0.2) is 0 Å². The monoisotopic (exact) mass is 520 g/mol. The van der Waals surface area contributed by atoms with Crippen molar-refractivity contribution < 1.29 is 22.7 Å². The van der Waals surface area contributed by atoms with E-state index in [0.29, 0.717) is 16.6 Å². The Hall–Kier alpha value is -1.59. The maximum Gasteiger partial charge on any atom is 0.409 e. The Bertz CT molecular complexity index is 971. The van der Waals surface area contributed by atoms with E-state index in [0.717, 1.165) is 37.8 Å². The standard InChI is InChI=1S/C21H30Cl2N4O5S/c1-32-21(29)27-14-17(12-25-7-3-4-8-25)26(13-16(27)11-24-33(2,30)31)20(28)10-15-5-6-18(22)19(23)9-15/h5-6,9,16-17,24H,3-4,7-8,10-14H2,1-2H3. The van der Waals surface area contributed by atoms with Gasteiger partial charge in [0.1, 0.15) is 0 Å². The van der Waals surface area contributed by atoms with Crippen molar-refractivity contribution in [3.05, 3.63) is 33.8 Å². The molecule has 2 aliphatic heterocycles. The van der Waals surface area contributed by atoms with Crippen LogP contribution >= 0.6 is 23.2 Å². The third-order valence-corrected chi connectivity index (χ3v) is 7.44. The van der Waals surface area contributed by atoms with Gasteiger partial charge >= 0.3 is 6.09 Å². The molecule has 0 radical (unpaired) electrons. The number of carbonyl (C=O) groups excluding carboxylic acids is 2. The molecule has 184 valence electrons. The molecule has 0 saturated carbocycles. The number of sulfonamides is 1. The number of methoxy groups -OCH3 is 1. The summed E-state index contributed by atoms with van der Waals surface area (Å²) in [7, 11) is -2.18. The topological polar surface area (TPSA) is 99.3 Å². The zero-order valence-corrected chi connectivity index (χ0v) is 21.1. The van der Waals surface area contributed by atoms with Crippen LogP contribution in [0.2, 0.25) is 10.0 Å². The fourth-order valence-corrected chi connectivity index (χ4v) is 5.18. The van der Waals surface area contributed by atoms with Crippen LogP contribution in [-0.2, 0) is 26.0 Å². The van der Waals surface area contributed by atoms with Crippen molar-refractivity contribution >= 4 is 45.2 Å². The number of carbonyl (C=O) groups is 2. The number of ether oxygens (including phenoxy) is 1. The number of hydrogen-bond acceptors (Lipinski definition) is 6. The zero-order chi connectivity index (χ0) is 24.2. The molecule has 1 N–H and O–H groups in total. The lowest BCUT2D eigenvalue weighted by Crippen LogP contribution is -2.65. The van der Waals surface area contributed by atoms with Crippen LogP contribution in [-0.4, -0.2) is 99.8 Å². The minimum atomic E-state index is -3.47. The molecule has 0 aliphatic carbocycles. The van der Waals surface area contributed by atoms with Gasteiger partial charge in [-0.05, 0) is 43.6 Å². The molecule has 2 fully saturated rings. The van der Waals surface area contributed by atoms with E-state index < -0.39 is 22.2 Å². The minimum absolute atomic E-state index is 0.0130. The lowest BCUT2D eigenvalue weighted by Gasteiger charge is -2.46. The van der Waals surface area contributed by atoms with Gasteiger partial charge in [0.2, 0.25) is 15.9 Å². The molecule has 2 heterocycles. The van der Waals surface area contributed by atoms with Crippen LogP contribution in [0.4, 0.5) is 4.79 Å². The Balaban J connectivity index is 1.83. The summed E-state index contributed by atoms with van der Waals surface area (Å²) in [6.45, 7) is 2.96. The maximum atomic E-state index is 13.4. The van der Waals surface area contributed by atoms with E-state index in [9.17, 15) is 18.0 Å². The van der Waals surface area contributed by atoms with Crippen LogP contribution in [0.25, 0.3) is 0 Å². The van der Waals surface area contributed by atoms with E-state index in [1.165, 1.54) is 12.0 Å². The predicted octanol–water partition coefficient (Wildman–Crippen LogP) is 1.83. The quantitative estimate of drug-likeness (QED) is 0.588. The summed E-state index contributed by atoms with van der Waals surface area (Å²) in [5.74, 6) is -0.119. The predicted molar refractivity (Wildman–Crippen MR) is 127 cm³/mol. The molecule has 2 atom stereocenters. The number of nitrogens with zero attached hydrogens (tertiary/aromatic N) is 3. The number of nitrogens with one attached hydrogen (secondary N) is 1. The fourth-order valence-electron chi connectivity index (χ4n) is 4.36. The molecule has 2 unspecified atom stereocenters. The number of amides is 2. The van der Waals surface area contributed by atoms with Crippen LogP contribution in [0.1, 0.15) is 18.4 Å². The highest BCUT2D eigenvalue weighted by Gasteiger charge is 2.40. The van der Waals surface area contributed by atoms with Gasteiger partial charge in [-0.25, -0.2) is 17.9 Å². The van der Waals surface area contributed by atoms with Crippen molar-refractivity contribution in [2.45, 2.75) is 31.3 Å². The van der Waals surface area contributed by atoms with Gasteiger partial charge in [0.25, 0.3) is 0 Å². The van der Waals surface area contributed by atoms with Crippen molar-refractivity contribution in [2.24, 2.45) is 0 Å². The minimum Gasteiger partial charge on any atom is -0.453 e. The Morgan fingerprint density at radius 1 is 1.09 bits per heavy atom. The molecule has 3 rings (SSSR count). The molecule has 12 heteroatoms. The summed E-state index contributed by atoms with van der Waals surface area (Å²) >= 11 is 12.1. The van der Waals surface area contributed by atoms with Gasteiger partial charge in [0, 0.05) is 26.2 Å². The maximum absolute atomic E-state index is 13.4. The normalized spacial score (nSPS) is 21.9. The Labute approximate surface area is 205 Å². The molecule has 0 aromatic heterocycles. The van der Waals surface area contributed by atoms with Gasteiger partial charge in [-0.15, -0.1) is 0 Å². The van der Waals surface area contributed by atoms with Crippen molar-refractivity contribution in [1.29, 1.82) is 0 Å². The summed E-state index contributed by atoms with van der Waals surface area (Å²) in [5.41, 5.74) is 0.732.